The summed E-state index contributed by atoms with van der Waals surface area (Å²) >= 11 is 0. The summed E-state index contributed by atoms with van der Waals surface area (Å²) in [6.45, 7) is 8.41. The van der Waals surface area contributed by atoms with E-state index in [-0.39, 0.29) is 30.0 Å². The Kier molecular flexibility index (Phi) is 4.99. The van der Waals surface area contributed by atoms with Crippen molar-refractivity contribution in [2.45, 2.75) is 58.8 Å². The van der Waals surface area contributed by atoms with Crippen LogP contribution in [0.1, 0.15) is 52.3 Å². The van der Waals surface area contributed by atoms with Gasteiger partial charge in [-0.3, -0.25) is 10.1 Å². The van der Waals surface area contributed by atoms with Gasteiger partial charge in [0, 0.05) is 6.04 Å². The van der Waals surface area contributed by atoms with Crippen LogP contribution in [0.15, 0.2) is 24.3 Å². The number of carbonyl (C=O) groups is 1. The number of nitrogens with zero attached hydrogens (tertiary/aromatic N) is 1. The summed E-state index contributed by atoms with van der Waals surface area (Å²) in [6, 6.07) is 6.43. The lowest BCUT2D eigenvalue weighted by Gasteiger charge is -2.34. The molecule has 1 heterocycles. The summed E-state index contributed by atoms with van der Waals surface area (Å²) in [4.78, 5) is 14.6. The van der Waals surface area contributed by atoms with Crippen molar-refractivity contribution in [1.82, 2.24) is 10.2 Å². The highest BCUT2D eigenvalue weighted by molar-refractivity contribution is 5.84. The van der Waals surface area contributed by atoms with Gasteiger partial charge in [0.2, 0.25) is 5.91 Å². The Morgan fingerprint density at radius 3 is 2.38 bits per heavy atom. The van der Waals surface area contributed by atoms with Crippen LogP contribution in [0.25, 0.3) is 0 Å². The van der Waals surface area contributed by atoms with E-state index in [9.17, 15) is 9.18 Å². The topological polar surface area (TPSA) is 32.3 Å². The molecular formula is C17H25FN2O. The van der Waals surface area contributed by atoms with Gasteiger partial charge >= 0.3 is 0 Å². The summed E-state index contributed by atoms with van der Waals surface area (Å²) in [5.41, 5.74) is 0.941. The molecule has 0 aromatic heterocycles. The molecule has 4 unspecified atom stereocenters. The molecule has 0 saturated carbocycles. The summed E-state index contributed by atoms with van der Waals surface area (Å²) < 4.78 is 13.1. The number of carbonyl (C=O) groups excluding carboxylic acids is 1. The van der Waals surface area contributed by atoms with Crippen LogP contribution >= 0.6 is 0 Å². The van der Waals surface area contributed by atoms with E-state index < -0.39 is 0 Å². The molecule has 1 aromatic carbocycles. The van der Waals surface area contributed by atoms with Crippen molar-refractivity contribution < 1.29 is 9.18 Å². The van der Waals surface area contributed by atoms with Crippen LogP contribution < -0.4 is 5.32 Å². The Labute approximate surface area is 126 Å². The lowest BCUT2D eigenvalue weighted by atomic mass is 9.98. The molecule has 1 aromatic rings. The van der Waals surface area contributed by atoms with Gasteiger partial charge in [-0.05, 0) is 37.0 Å². The third-order valence-electron chi connectivity index (χ3n) is 4.69. The molecule has 1 aliphatic heterocycles. The zero-order valence-electron chi connectivity index (χ0n) is 13.3. The van der Waals surface area contributed by atoms with Crippen molar-refractivity contribution in [3.8, 4) is 0 Å². The average molecular weight is 292 g/mol. The van der Waals surface area contributed by atoms with E-state index in [1.165, 1.54) is 12.1 Å². The number of hydrogen-bond acceptors (Lipinski definition) is 2. The molecule has 1 amide bonds. The zero-order chi connectivity index (χ0) is 15.6. The Morgan fingerprint density at radius 2 is 1.86 bits per heavy atom. The van der Waals surface area contributed by atoms with Crippen LogP contribution in [0.2, 0.25) is 0 Å². The highest BCUT2D eigenvalue weighted by Crippen LogP contribution is 2.31. The molecule has 21 heavy (non-hydrogen) atoms. The number of nitrogens with one attached hydrogen (secondary N) is 1. The first-order valence-electron chi connectivity index (χ1n) is 7.83. The minimum atomic E-state index is -0.253. The number of rotatable bonds is 5. The van der Waals surface area contributed by atoms with Crippen molar-refractivity contribution in [3.05, 3.63) is 35.6 Å². The molecule has 1 saturated heterocycles. The third kappa shape index (κ3) is 3.10. The van der Waals surface area contributed by atoms with Gasteiger partial charge in [-0.15, -0.1) is 0 Å². The second-order valence-electron chi connectivity index (χ2n) is 5.95. The Morgan fingerprint density at radius 1 is 1.24 bits per heavy atom. The quantitative estimate of drug-likeness (QED) is 0.901. The molecule has 3 nitrogen and oxygen atoms in total. The zero-order valence-corrected chi connectivity index (χ0v) is 13.3. The van der Waals surface area contributed by atoms with E-state index >= 15 is 0 Å². The van der Waals surface area contributed by atoms with E-state index in [1.54, 1.807) is 12.1 Å². The maximum absolute atomic E-state index is 13.1. The number of benzene rings is 1. The first-order valence-corrected chi connectivity index (χ1v) is 7.83. The van der Waals surface area contributed by atoms with Gasteiger partial charge in [0.25, 0.3) is 0 Å². The van der Waals surface area contributed by atoms with Crippen LogP contribution in [0, 0.1) is 11.7 Å². The molecule has 0 spiro atoms. The minimum absolute atomic E-state index is 0.147. The summed E-state index contributed by atoms with van der Waals surface area (Å²) in [7, 11) is 0. The Bertz CT molecular complexity index is 488. The molecule has 116 valence electrons. The van der Waals surface area contributed by atoms with E-state index in [1.807, 2.05) is 11.8 Å². The second-order valence-corrected chi connectivity index (χ2v) is 5.95. The molecule has 0 radical (unpaired) electrons. The number of hydrogen-bond donors (Lipinski definition) is 1. The highest BCUT2D eigenvalue weighted by Gasteiger charge is 2.41. The monoisotopic (exact) mass is 292 g/mol. The molecule has 2 rings (SSSR count). The SMILES string of the molecule is CCC1NC(c2ccc(F)cc2)N(C(C)C(C)CC)C1=O. The van der Waals surface area contributed by atoms with Gasteiger partial charge in [0.15, 0.2) is 0 Å². The first kappa shape index (κ1) is 16.0. The molecular weight excluding hydrogens is 267 g/mol. The van der Waals surface area contributed by atoms with Crippen LogP contribution in [0.3, 0.4) is 0 Å². The second kappa shape index (κ2) is 6.56. The smallest absolute Gasteiger partial charge is 0.241 e. The Hall–Kier alpha value is -1.42. The molecule has 1 N–H and O–H groups in total. The lowest BCUT2D eigenvalue weighted by molar-refractivity contribution is -0.133. The molecule has 1 aliphatic rings. The standard InChI is InChI=1S/C17H25FN2O/c1-5-11(3)12(4)20-16(19-15(6-2)17(20)21)13-7-9-14(18)10-8-13/h7-12,15-16,19H,5-6H2,1-4H3. The van der Waals surface area contributed by atoms with Crippen molar-refractivity contribution in [3.63, 3.8) is 0 Å². The minimum Gasteiger partial charge on any atom is -0.319 e. The molecule has 4 atom stereocenters. The van der Waals surface area contributed by atoms with E-state index in [4.69, 9.17) is 0 Å². The van der Waals surface area contributed by atoms with Crippen molar-refractivity contribution in [1.29, 1.82) is 0 Å². The van der Waals surface area contributed by atoms with E-state index in [0.717, 1.165) is 18.4 Å². The number of amides is 1. The van der Waals surface area contributed by atoms with Crippen molar-refractivity contribution >= 4 is 5.91 Å². The van der Waals surface area contributed by atoms with Gasteiger partial charge in [0.05, 0.1) is 6.04 Å². The lowest BCUT2D eigenvalue weighted by Crippen LogP contribution is -2.41. The fraction of sp³-hybridized carbons (Fsp3) is 0.588. The average Bonchev–Trinajstić information content (AvgIpc) is 2.83. The van der Waals surface area contributed by atoms with Gasteiger partial charge in [0.1, 0.15) is 12.0 Å². The summed E-state index contributed by atoms with van der Waals surface area (Å²) in [5.74, 6) is 0.325. The molecule has 4 heteroatoms. The molecule has 0 bridgehead atoms. The summed E-state index contributed by atoms with van der Waals surface area (Å²) in [5, 5.41) is 3.39. The first-order chi connectivity index (χ1) is 9.99. The van der Waals surface area contributed by atoms with Gasteiger partial charge < -0.3 is 4.90 Å². The van der Waals surface area contributed by atoms with Gasteiger partial charge in [-0.25, -0.2) is 4.39 Å². The number of halogens is 1. The van der Waals surface area contributed by atoms with Crippen LogP contribution in [0.4, 0.5) is 4.39 Å². The van der Waals surface area contributed by atoms with Crippen molar-refractivity contribution in [2.75, 3.05) is 0 Å². The van der Waals surface area contributed by atoms with Crippen LogP contribution in [0.5, 0.6) is 0 Å². The van der Waals surface area contributed by atoms with E-state index in [0.29, 0.717) is 5.92 Å². The van der Waals surface area contributed by atoms with Crippen LogP contribution in [-0.2, 0) is 4.79 Å². The fourth-order valence-corrected chi connectivity index (χ4v) is 2.89. The van der Waals surface area contributed by atoms with Crippen LogP contribution in [-0.4, -0.2) is 22.9 Å². The molecule has 1 fully saturated rings. The maximum Gasteiger partial charge on any atom is 0.241 e. The third-order valence-corrected chi connectivity index (χ3v) is 4.69. The largest absolute Gasteiger partial charge is 0.319 e. The normalized spacial score (nSPS) is 25.2. The van der Waals surface area contributed by atoms with Crippen molar-refractivity contribution in [2.24, 2.45) is 5.92 Å². The fourth-order valence-electron chi connectivity index (χ4n) is 2.89. The van der Waals surface area contributed by atoms with Gasteiger partial charge in [-0.2, -0.15) is 0 Å². The summed E-state index contributed by atoms with van der Waals surface area (Å²) in [6.07, 6.45) is 1.63. The Balaban J connectivity index is 2.32. The predicted octanol–water partition coefficient (Wildman–Crippen LogP) is 3.47. The highest BCUT2D eigenvalue weighted by atomic mass is 19.1. The maximum atomic E-state index is 13.1. The van der Waals surface area contributed by atoms with E-state index in [2.05, 4.69) is 26.1 Å². The predicted molar refractivity (Wildman–Crippen MR) is 82.1 cm³/mol. The molecule has 0 aliphatic carbocycles. The van der Waals surface area contributed by atoms with Gasteiger partial charge in [-0.1, -0.05) is 39.3 Å².